The highest BCUT2D eigenvalue weighted by Crippen LogP contribution is 2.01. The molecule has 0 saturated carbocycles. The Hall–Kier alpha value is -2.81. The summed E-state index contributed by atoms with van der Waals surface area (Å²) in [6.45, 7) is 0.148. The van der Waals surface area contributed by atoms with Gasteiger partial charge in [0.05, 0.1) is 19.8 Å². The molecule has 23 heavy (non-hydrogen) atoms. The van der Waals surface area contributed by atoms with Gasteiger partial charge in [-0.05, 0) is 5.56 Å². The topological polar surface area (TPSA) is 149 Å². The number of carboxylic acid groups (broad SMARTS) is 1. The summed E-state index contributed by atoms with van der Waals surface area (Å²) in [6.07, 6.45) is -0.839. The molecule has 0 unspecified atom stereocenters. The van der Waals surface area contributed by atoms with Crippen LogP contribution in [-0.2, 0) is 20.9 Å². The highest BCUT2D eigenvalue weighted by Gasteiger charge is 2.20. The fourth-order valence-corrected chi connectivity index (χ4v) is 1.52. The first kappa shape index (κ1) is 18.2. The van der Waals surface area contributed by atoms with E-state index in [4.69, 9.17) is 26.0 Å². The fraction of sp³-hybridized carbons (Fsp3) is 0.357. The average molecular weight is 324 g/mol. The van der Waals surface area contributed by atoms with Gasteiger partial charge >= 0.3 is 12.1 Å². The SMILES string of the molecule is NC(N)=NCCOC[C@H](NC(=O)OCc1ccccc1)C(=O)O. The van der Waals surface area contributed by atoms with E-state index in [2.05, 4.69) is 10.3 Å². The van der Waals surface area contributed by atoms with Crippen molar-refractivity contribution < 1.29 is 24.2 Å². The van der Waals surface area contributed by atoms with Crippen molar-refractivity contribution in [2.45, 2.75) is 12.6 Å². The zero-order valence-corrected chi connectivity index (χ0v) is 12.5. The molecule has 9 heteroatoms. The smallest absolute Gasteiger partial charge is 0.408 e. The summed E-state index contributed by atoms with van der Waals surface area (Å²) in [6, 6.07) is 7.80. The maximum Gasteiger partial charge on any atom is 0.408 e. The number of ether oxygens (including phenoxy) is 2. The number of aliphatic carboxylic acids is 1. The number of carbonyl (C=O) groups is 2. The predicted octanol–water partition coefficient (Wildman–Crippen LogP) is -0.344. The minimum absolute atomic E-state index is 0.0460. The predicted molar refractivity (Wildman–Crippen MR) is 82.7 cm³/mol. The van der Waals surface area contributed by atoms with E-state index in [0.29, 0.717) is 0 Å². The molecule has 1 aromatic carbocycles. The van der Waals surface area contributed by atoms with Gasteiger partial charge in [0.25, 0.3) is 0 Å². The molecule has 126 valence electrons. The Morgan fingerprint density at radius 2 is 1.96 bits per heavy atom. The summed E-state index contributed by atoms with van der Waals surface area (Å²) in [7, 11) is 0. The molecule has 0 spiro atoms. The van der Waals surface area contributed by atoms with E-state index < -0.39 is 18.1 Å². The minimum atomic E-state index is -1.23. The molecule has 1 amide bonds. The molecular weight excluding hydrogens is 304 g/mol. The number of guanidine groups is 1. The third kappa shape index (κ3) is 8.27. The zero-order chi connectivity index (χ0) is 17.1. The van der Waals surface area contributed by atoms with Crippen molar-refractivity contribution in [2.75, 3.05) is 19.8 Å². The van der Waals surface area contributed by atoms with Crippen LogP contribution in [0.1, 0.15) is 5.56 Å². The Labute approximate surface area is 133 Å². The molecule has 1 rings (SSSR count). The van der Waals surface area contributed by atoms with Crippen LogP contribution >= 0.6 is 0 Å². The van der Waals surface area contributed by atoms with E-state index in [1.165, 1.54) is 0 Å². The van der Waals surface area contributed by atoms with Crippen molar-refractivity contribution in [3.63, 3.8) is 0 Å². The van der Waals surface area contributed by atoms with Crippen LogP contribution in [0, 0.1) is 0 Å². The van der Waals surface area contributed by atoms with Crippen molar-refractivity contribution >= 4 is 18.0 Å². The van der Waals surface area contributed by atoms with Gasteiger partial charge in [0, 0.05) is 0 Å². The van der Waals surface area contributed by atoms with Gasteiger partial charge in [0.15, 0.2) is 12.0 Å². The number of alkyl carbamates (subject to hydrolysis) is 1. The van der Waals surface area contributed by atoms with Gasteiger partial charge in [-0.1, -0.05) is 30.3 Å². The molecular formula is C14H20N4O5. The number of benzene rings is 1. The number of carbonyl (C=O) groups excluding carboxylic acids is 1. The maximum absolute atomic E-state index is 11.6. The molecule has 0 saturated heterocycles. The first-order valence-corrected chi connectivity index (χ1v) is 6.82. The second kappa shape index (κ2) is 10.0. The van der Waals surface area contributed by atoms with Gasteiger partial charge < -0.3 is 31.4 Å². The molecule has 1 atom stereocenters. The summed E-state index contributed by atoms with van der Waals surface area (Å²) >= 11 is 0. The second-order valence-corrected chi connectivity index (χ2v) is 4.48. The molecule has 1 aromatic rings. The standard InChI is InChI=1S/C14H20N4O5/c15-13(16)17-6-7-22-9-11(12(19)20)18-14(21)23-8-10-4-2-1-3-5-10/h1-5,11H,6-9H2,(H,18,21)(H,19,20)(H4,15,16,17)/t11-/m0/s1. The van der Waals surface area contributed by atoms with Crippen molar-refractivity contribution in [2.24, 2.45) is 16.5 Å². The van der Waals surface area contributed by atoms with Crippen LogP contribution < -0.4 is 16.8 Å². The number of amides is 1. The van der Waals surface area contributed by atoms with E-state index in [-0.39, 0.29) is 32.3 Å². The third-order valence-corrected chi connectivity index (χ3v) is 2.62. The van der Waals surface area contributed by atoms with Gasteiger partial charge in [0.2, 0.25) is 0 Å². The Morgan fingerprint density at radius 1 is 1.26 bits per heavy atom. The number of nitrogens with one attached hydrogen (secondary N) is 1. The summed E-state index contributed by atoms with van der Waals surface area (Å²) in [5, 5.41) is 11.2. The van der Waals surface area contributed by atoms with Crippen molar-refractivity contribution in [3.8, 4) is 0 Å². The monoisotopic (exact) mass is 324 g/mol. The molecule has 0 aliphatic rings. The Balaban J connectivity index is 2.32. The van der Waals surface area contributed by atoms with Gasteiger partial charge in [0.1, 0.15) is 6.61 Å². The molecule has 9 nitrogen and oxygen atoms in total. The molecule has 0 radical (unpaired) electrons. The lowest BCUT2D eigenvalue weighted by atomic mass is 10.2. The molecule has 0 bridgehead atoms. The highest BCUT2D eigenvalue weighted by molar-refractivity contribution is 5.80. The lowest BCUT2D eigenvalue weighted by Gasteiger charge is -2.14. The third-order valence-electron chi connectivity index (χ3n) is 2.62. The summed E-state index contributed by atoms with van der Waals surface area (Å²) in [5.74, 6) is -1.31. The van der Waals surface area contributed by atoms with E-state index in [1.807, 2.05) is 6.07 Å². The normalized spacial score (nSPS) is 11.3. The highest BCUT2D eigenvalue weighted by atomic mass is 16.5. The maximum atomic E-state index is 11.6. The number of rotatable bonds is 9. The fourth-order valence-electron chi connectivity index (χ4n) is 1.52. The van der Waals surface area contributed by atoms with E-state index >= 15 is 0 Å². The van der Waals surface area contributed by atoms with Gasteiger partial charge in [-0.2, -0.15) is 0 Å². The molecule has 6 N–H and O–H groups in total. The Bertz CT molecular complexity index is 531. The minimum Gasteiger partial charge on any atom is -0.480 e. The van der Waals surface area contributed by atoms with Crippen molar-refractivity contribution in [1.82, 2.24) is 5.32 Å². The largest absolute Gasteiger partial charge is 0.480 e. The van der Waals surface area contributed by atoms with Crippen molar-refractivity contribution in [3.05, 3.63) is 35.9 Å². The van der Waals surface area contributed by atoms with Crippen LogP contribution in [0.25, 0.3) is 0 Å². The van der Waals surface area contributed by atoms with Crippen LogP contribution in [0.4, 0.5) is 4.79 Å². The number of carboxylic acids is 1. The quantitative estimate of drug-likeness (QED) is 0.275. The van der Waals surface area contributed by atoms with E-state index in [1.54, 1.807) is 24.3 Å². The van der Waals surface area contributed by atoms with Crippen LogP contribution in [0.2, 0.25) is 0 Å². The van der Waals surface area contributed by atoms with Gasteiger partial charge in [-0.15, -0.1) is 0 Å². The zero-order valence-electron chi connectivity index (χ0n) is 12.5. The Kier molecular flexibility index (Phi) is 7.94. The van der Waals surface area contributed by atoms with E-state index in [9.17, 15) is 9.59 Å². The van der Waals surface area contributed by atoms with Gasteiger partial charge in [-0.3, -0.25) is 4.99 Å². The van der Waals surface area contributed by atoms with Crippen LogP contribution in [0.3, 0.4) is 0 Å². The molecule has 0 heterocycles. The number of hydrogen-bond acceptors (Lipinski definition) is 5. The molecule has 0 fully saturated rings. The molecule has 0 aliphatic carbocycles. The number of aliphatic imine (C=N–C) groups is 1. The number of nitrogens with zero attached hydrogens (tertiary/aromatic N) is 1. The average Bonchev–Trinajstić information content (AvgIpc) is 2.52. The van der Waals surface area contributed by atoms with E-state index in [0.717, 1.165) is 5.56 Å². The van der Waals surface area contributed by atoms with Crippen molar-refractivity contribution in [1.29, 1.82) is 0 Å². The number of hydrogen-bond donors (Lipinski definition) is 4. The second-order valence-electron chi connectivity index (χ2n) is 4.48. The summed E-state index contributed by atoms with van der Waals surface area (Å²) in [4.78, 5) is 26.3. The van der Waals surface area contributed by atoms with Gasteiger partial charge in [-0.25, -0.2) is 9.59 Å². The lowest BCUT2D eigenvalue weighted by Crippen LogP contribution is -2.44. The molecule has 0 aliphatic heterocycles. The first-order chi connectivity index (χ1) is 11.0. The van der Waals surface area contributed by atoms with Crippen LogP contribution in [0.15, 0.2) is 35.3 Å². The van der Waals surface area contributed by atoms with Crippen LogP contribution in [-0.4, -0.2) is 48.9 Å². The molecule has 0 aromatic heterocycles. The first-order valence-electron chi connectivity index (χ1n) is 6.82. The Morgan fingerprint density at radius 3 is 2.57 bits per heavy atom. The summed E-state index contributed by atoms with van der Waals surface area (Å²) in [5.41, 5.74) is 11.1. The summed E-state index contributed by atoms with van der Waals surface area (Å²) < 4.78 is 10.0. The van der Waals surface area contributed by atoms with Crippen LogP contribution in [0.5, 0.6) is 0 Å². The number of nitrogens with two attached hydrogens (primary N) is 2. The lowest BCUT2D eigenvalue weighted by molar-refractivity contribution is -0.141.